The highest BCUT2D eigenvalue weighted by Crippen LogP contribution is 2.33. The van der Waals surface area contributed by atoms with Crippen LogP contribution in [0.2, 0.25) is 0 Å². The lowest BCUT2D eigenvalue weighted by Crippen LogP contribution is -2.39. The Morgan fingerprint density at radius 2 is 2.31 bits per heavy atom. The van der Waals surface area contributed by atoms with Gasteiger partial charge in [0.25, 0.3) is 0 Å². The highest BCUT2D eigenvalue weighted by atomic mass is 32.1. The third-order valence-electron chi connectivity index (χ3n) is 2.75. The number of carbonyl (C=O) groups is 1. The highest BCUT2D eigenvalue weighted by Gasteiger charge is 2.34. The summed E-state index contributed by atoms with van der Waals surface area (Å²) in [6, 6.07) is 0. The number of nitrogens with zero attached hydrogens (tertiary/aromatic N) is 1. The van der Waals surface area contributed by atoms with E-state index in [1.165, 1.54) is 11.3 Å². The topological polar surface area (TPSA) is 62.2 Å². The van der Waals surface area contributed by atoms with E-state index in [0.29, 0.717) is 22.7 Å². The number of aliphatic hydroxyl groups is 1. The summed E-state index contributed by atoms with van der Waals surface area (Å²) in [6.07, 6.45) is 2.84. The number of carbonyl (C=O) groups excluding carboxylic acids is 1. The van der Waals surface area contributed by atoms with Crippen molar-refractivity contribution in [3.05, 3.63) is 16.1 Å². The van der Waals surface area contributed by atoms with E-state index in [4.69, 9.17) is 0 Å². The van der Waals surface area contributed by atoms with Gasteiger partial charge in [-0.3, -0.25) is 4.79 Å². The number of Topliss-reactive ketones (excluding diaryl/α,β-unsaturated/α-hetero) is 1. The molecule has 1 aliphatic rings. The molecule has 2 N–H and O–H groups in total. The second-order valence-electron chi connectivity index (χ2n) is 3.89. The van der Waals surface area contributed by atoms with Crippen molar-refractivity contribution in [2.75, 3.05) is 18.8 Å². The van der Waals surface area contributed by atoms with Crippen LogP contribution in [-0.2, 0) is 5.60 Å². The lowest BCUT2D eigenvalue weighted by Gasteiger charge is -2.30. The van der Waals surface area contributed by atoms with E-state index in [1.807, 2.05) is 0 Å². The molecule has 1 aromatic rings. The van der Waals surface area contributed by atoms with Gasteiger partial charge in [0.1, 0.15) is 10.6 Å². The second-order valence-corrected chi connectivity index (χ2v) is 5.24. The molecule has 6 heteroatoms. The largest absolute Gasteiger partial charge is 0.383 e. The van der Waals surface area contributed by atoms with Gasteiger partial charge in [-0.2, -0.15) is 12.6 Å². The minimum atomic E-state index is -0.856. The quantitative estimate of drug-likeness (QED) is 0.555. The van der Waals surface area contributed by atoms with Gasteiger partial charge in [-0.25, -0.2) is 4.98 Å². The summed E-state index contributed by atoms with van der Waals surface area (Å²) in [4.78, 5) is 16.2. The minimum Gasteiger partial charge on any atom is -0.383 e. The third-order valence-corrected chi connectivity index (χ3v) is 4.27. The van der Waals surface area contributed by atoms with Crippen molar-refractivity contribution >= 4 is 29.7 Å². The number of aromatic nitrogens is 1. The van der Waals surface area contributed by atoms with Crippen molar-refractivity contribution in [3.63, 3.8) is 0 Å². The summed E-state index contributed by atoms with van der Waals surface area (Å²) >= 11 is 5.22. The summed E-state index contributed by atoms with van der Waals surface area (Å²) in [7, 11) is 0. The molecule has 0 spiro atoms. The molecule has 0 atom stereocenters. The van der Waals surface area contributed by atoms with Crippen molar-refractivity contribution in [1.82, 2.24) is 10.3 Å². The zero-order chi connectivity index (χ0) is 11.6. The molecule has 0 aromatic carbocycles. The number of ketones is 1. The maximum absolute atomic E-state index is 11.4. The molecule has 0 unspecified atom stereocenters. The zero-order valence-corrected chi connectivity index (χ0v) is 10.5. The fourth-order valence-electron chi connectivity index (χ4n) is 1.75. The fourth-order valence-corrected chi connectivity index (χ4v) is 3.03. The van der Waals surface area contributed by atoms with Gasteiger partial charge >= 0.3 is 0 Å². The Labute approximate surface area is 104 Å². The average molecular weight is 258 g/mol. The Hall–Kier alpha value is -0.430. The lowest BCUT2D eigenvalue weighted by molar-refractivity contribution is 0.00575. The number of thiol groups is 1. The Morgan fingerprint density at radius 1 is 1.62 bits per heavy atom. The summed E-state index contributed by atoms with van der Waals surface area (Å²) in [5, 5.41) is 14.2. The summed E-state index contributed by atoms with van der Waals surface area (Å²) < 4.78 is 0. The molecule has 1 aromatic heterocycles. The molecule has 16 heavy (non-hydrogen) atoms. The first-order chi connectivity index (χ1) is 7.65. The normalized spacial score (nSPS) is 19.6. The van der Waals surface area contributed by atoms with Gasteiger partial charge in [0.15, 0.2) is 5.78 Å². The molecule has 1 saturated heterocycles. The molecule has 0 aliphatic carbocycles. The van der Waals surface area contributed by atoms with Crippen LogP contribution in [0.4, 0.5) is 0 Å². The van der Waals surface area contributed by atoms with Crippen LogP contribution in [0.25, 0.3) is 0 Å². The number of rotatable bonds is 3. The van der Waals surface area contributed by atoms with Gasteiger partial charge < -0.3 is 10.4 Å². The second kappa shape index (κ2) is 4.83. The van der Waals surface area contributed by atoms with E-state index in [-0.39, 0.29) is 11.5 Å². The Kier molecular flexibility index (Phi) is 3.63. The molecule has 1 fully saturated rings. The van der Waals surface area contributed by atoms with Crippen molar-refractivity contribution in [2.24, 2.45) is 0 Å². The summed E-state index contributed by atoms with van der Waals surface area (Å²) in [5.41, 5.74) is -0.856. The standard InChI is InChI=1S/C10H14N2O2S2/c13-7(6-15)8-5-12-9(16-8)10(14)1-3-11-4-2-10/h5,11,14-15H,1-4,6H2. The Bertz CT molecular complexity index is 386. The first kappa shape index (κ1) is 12.0. The number of hydrogen-bond acceptors (Lipinski definition) is 6. The van der Waals surface area contributed by atoms with Crippen LogP contribution in [0.3, 0.4) is 0 Å². The first-order valence-corrected chi connectivity index (χ1v) is 6.64. The van der Waals surface area contributed by atoms with E-state index in [0.717, 1.165) is 13.1 Å². The molecule has 2 rings (SSSR count). The predicted molar refractivity (Wildman–Crippen MR) is 66.3 cm³/mol. The predicted octanol–water partition coefficient (Wildman–Crippen LogP) is 0.827. The van der Waals surface area contributed by atoms with Crippen LogP contribution in [0.15, 0.2) is 6.20 Å². The van der Waals surface area contributed by atoms with E-state index >= 15 is 0 Å². The average Bonchev–Trinajstić information content (AvgIpc) is 2.79. The first-order valence-electron chi connectivity index (χ1n) is 5.19. The van der Waals surface area contributed by atoms with Crippen molar-refractivity contribution in [3.8, 4) is 0 Å². The highest BCUT2D eigenvalue weighted by molar-refractivity contribution is 7.81. The molecular formula is C10H14N2O2S2. The van der Waals surface area contributed by atoms with E-state index in [9.17, 15) is 9.90 Å². The van der Waals surface area contributed by atoms with E-state index < -0.39 is 5.60 Å². The molecule has 4 nitrogen and oxygen atoms in total. The van der Waals surface area contributed by atoms with Crippen LogP contribution < -0.4 is 5.32 Å². The van der Waals surface area contributed by atoms with Crippen LogP contribution in [0, 0.1) is 0 Å². The van der Waals surface area contributed by atoms with E-state index in [2.05, 4.69) is 22.9 Å². The van der Waals surface area contributed by atoms with Crippen LogP contribution in [0.5, 0.6) is 0 Å². The molecule has 2 heterocycles. The van der Waals surface area contributed by atoms with Crippen molar-refractivity contribution < 1.29 is 9.90 Å². The number of piperidine rings is 1. The smallest absolute Gasteiger partial charge is 0.183 e. The molecule has 0 bridgehead atoms. The van der Waals surface area contributed by atoms with E-state index in [1.54, 1.807) is 6.20 Å². The van der Waals surface area contributed by atoms with Gasteiger partial charge in [0.2, 0.25) is 0 Å². The van der Waals surface area contributed by atoms with Crippen LogP contribution in [-0.4, -0.2) is 34.7 Å². The summed E-state index contributed by atoms with van der Waals surface area (Å²) in [5.74, 6) is 0.145. The maximum Gasteiger partial charge on any atom is 0.183 e. The van der Waals surface area contributed by atoms with Gasteiger partial charge in [0.05, 0.1) is 10.6 Å². The van der Waals surface area contributed by atoms with Crippen molar-refractivity contribution in [1.29, 1.82) is 0 Å². The molecular weight excluding hydrogens is 244 g/mol. The molecule has 1 aliphatic heterocycles. The Balaban J connectivity index is 2.20. The number of hydrogen-bond donors (Lipinski definition) is 3. The molecule has 0 saturated carbocycles. The van der Waals surface area contributed by atoms with Crippen LogP contribution in [0.1, 0.15) is 27.5 Å². The summed E-state index contributed by atoms with van der Waals surface area (Å²) in [6.45, 7) is 1.57. The minimum absolute atomic E-state index is 0.0374. The van der Waals surface area contributed by atoms with Gasteiger partial charge in [-0.15, -0.1) is 11.3 Å². The van der Waals surface area contributed by atoms with Crippen molar-refractivity contribution in [2.45, 2.75) is 18.4 Å². The Morgan fingerprint density at radius 3 is 2.94 bits per heavy atom. The molecule has 88 valence electrons. The third kappa shape index (κ3) is 2.29. The molecule has 0 amide bonds. The van der Waals surface area contributed by atoms with Gasteiger partial charge in [-0.05, 0) is 25.9 Å². The van der Waals surface area contributed by atoms with Crippen LogP contribution >= 0.6 is 24.0 Å². The number of nitrogens with one attached hydrogen (secondary N) is 1. The lowest BCUT2D eigenvalue weighted by atomic mass is 9.93. The number of thiazole rings is 1. The zero-order valence-electron chi connectivity index (χ0n) is 8.77. The van der Waals surface area contributed by atoms with Gasteiger partial charge in [-0.1, -0.05) is 0 Å². The maximum atomic E-state index is 11.4. The monoisotopic (exact) mass is 258 g/mol. The van der Waals surface area contributed by atoms with Gasteiger partial charge in [0, 0.05) is 6.20 Å². The molecule has 0 radical (unpaired) electrons. The fraction of sp³-hybridized carbons (Fsp3) is 0.600. The SMILES string of the molecule is O=C(CS)c1cnc(C2(O)CCNCC2)s1.